The first kappa shape index (κ1) is 6.84. The Labute approximate surface area is 68.6 Å². The van der Waals surface area contributed by atoms with Crippen molar-refractivity contribution >= 4 is 23.0 Å². The zero-order valence-electron chi connectivity index (χ0n) is 6.16. The minimum absolute atomic E-state index is 0.719. The minimum Gasteiger partial charge on any atom is -0.317 e. The Bertz CT molecular complexity index is 407. The number of amides is 1. The molecule has 0 saturated heterocycles. The zero-order valence-corrected chi connectivity index (χ0v) is 6.16. The summed E-state index contributed by atoms with van der Waals surface area (Å²) in [6, 6.07) is 5.52. The Kier molecular flexibility index (Phi) is 1.51. The second-order valence-corrected chi connectivity index (χ2v) is 2.36. The summed E-state index contributed by atoms with van der Waals surface area (Å²) in [5.74, 6) is 0. The molecule has 1 amide bonds. The number of hydrogen-bond donors (Lipinski definition) is 2. The van der Waals surface area contributed by atoms with E-state index >= 15 is 0 Å². The molecular formula is C8H6N3O. The molecule has 0 aliphatic heterocycles. The van der Waals surface area contributed by atoms with Crippen molar-refractivity contribution in [2.24, 2.45) is 0 Å². The molecule has 1 radical (unpaired) electrons. The van der Waals surface area contributed by atoms with Crippen LogP contribution in [0.1, 0.15) is 0 Å². The molecule has 12 heavy (non-hydrogen) atoms. The highest BCUT2D eigenvalue weighted by Crippen LogP contribution is 2.19. The molecule has 4 nitrogen and oxygen atoms in total. The van der Waals surface area contributed by atoms with E-state index in [1.54, 1.807) is 18.7 Å². The van der Waals surface area contributed by atoms with Crippen LogP contribution in [0.2, 0.25) is 0 Å². The highest BCUT2D eigenvalue weighted by Gasteiger charge is 1.99. The van der Waals surface area contributed by atoms with E-state index in [0.717, 1.165) is 16.6 Å². The van der Waals surface area contributed by atoms with Crippen LogP contribution in [-0.4, -0.2) is 16.6 Å². The van der Waals surface area contributed by atoms with Crippen molar-refractivity contribution in [3.05, 3.63) is 24.4 Å². The molecule has 0 aliphatic carbocycles. The topological polar surface area (TPSA) is 57.8 Å². The molecule has 0 aliphatic rings. The number of aromatic amines is 1. The molecule has 2 rings (SSSR count). The molecule has 1 aromatic heterocycles. The maximum absolute atomic E-state index is 10.1. The smallest absolute Gasteiger partial charge is 0.314 e. The van der Waals surface area contributed by atoms with Gasteiger partial charge in [0.1, 0.15) is 0 Å². The van der Waals surface area contributed by atoms with E-state index in [1.807, 2.05) is 12.1 Å². The van der Waals surface area contributed by atoms with Gasteiger partial charge in [0.05, 0.1) is 17.4 Å². The zero-order chi connectivity index (χ0) is 8.39. The standard InChI is InChI=1S/C8H6N3O/c12-5-9-7-2-1-3-8-6(7)4-10-11-8/h1-4H,(H,9,12)(H,10,11). The van der Waals surface area contributed by atoms with Gasteiger partial charge in [0.2, 0.25) is 0 Å². The van der Waals surface area contributed by atoms with Gasteiger partial charge in [-0.2, -0.15) is 5.10 Å². The number of anilines is 1. The van der Waals surface area contributed by atoms with Crippen LogP contribution in [-0.2, 0) is 4.79 Å². The first-order chi connectivity index (χ1) is 5.92. The van der Waals surface area contributed by atoms with E-state index in [1.165, 1.54) is 0 Å². The highest BCUT2D eigenvalue weighted by molar-refractivity contribution is 5.95. The molecular weight excluding hydrogens is 154 g/mol. The lowest BCUT2D eigenvalue weighted by Gasteiger charge is -1.97. The maximum atomic E-state index is 10.1. The van der Waals surface area contributed by atoms with Crippen molar-refractivity contribution in [3.8, 4) is 0 Å². The Morgan fingerprint density at radius 1 is 1.50 bits per heavy atom. The summed E-state index contributed by atoms with van der Waals surface area (Å²) in [4.78, 5) is 10.1. The van der Waals surface area contributed by atoms with E-state index in [2.05, 4.69) is 15.5 Å². The predicted octanol–water partition coefficient (Wildman–Crippen LogP) is 1.04. The maximum Gasteiger partial charge on any atom is 0.314 e. The molecule has 0 spiro atoms. The third-order valence-electron chi connectivity index (χ3n) is 1.67. The fraction of sp³-hybridized carbons (Fsp3) is 0. The fourth-order valence-corrected chi connectivity index (χ4v) is 1.13. The summed E-state index contributed by atoms with van der Waals surface area (Å²) in [7, 11) is 0. The average molecular weight is 160 g/mol. The normalized spacial score (nSPS) is 10.0. The van der Waals surface area contributed by atoms with E-state index in [9.17, 15) is 4.79 Å². The third kappa shape index (κ3) is 0.934. The van der Waals surface area contributed by atoms with Gasteiger partial charge < -0.3 is 5.32 Å². The Morgan fingerprint density at radius 2 is 2.42 bits per heavy atom. The molecule has 0 saturated carbocycles. The number of aromatic nitrogens is 2. The van der Waals surface area contributed by atoms with Gasteiger partial charge >= 0.3 is 6.41 Å². The number of hydrogen-bond acceptors (Lipinski definition) is 2. The van der Waals surface area contributed by atoms with Gasteiger partial charge in [-0.05, 0) is 12.1 Å². The van der Waals surface area contributed by atoms with Crippen LogP contribution in [0.5, 0.6) is 0 Å². The quantitative estimate of drug-likeness (QED) is 0.645. The first-order valence-corrected chi connectivity index (χ1v) is 3.47. The van der Waals surface area contributed by atoms with E-state index < -0.39 is 0 Å². The highest BCUT2D eigenvalue weighted by atomic mass is 16.1. The van der Waals surface area contributed by atoms with Crippen LogP contribution in [0.25, 0.3) is 10.9 Å². The van der Waals surface area contributed by atoms with Crippen molar-refractivity contribution in [2.75, 3.05) is 5.32 Å². The van der Waals surface area contributed by atoms with Crippen molar-refractivity contribution in [1.29, 1.82) is 0 Å². The summed E-state index contributed by atoms with van der Waals surface area (Å²) in [6.45, 7) is 0. The summed E-state index contributed by atoms with van der Waals surface area (Å²) >= 11 is 0. The fourth-order valence-electron chi connectivity index (χ4n) is 1.13. The molecule has 0 fully saturated rings. The number of H-pyrrole nitrogens is 1. The van der Waals surface area contributed by atoms with Gasteiger partial charge in [-0.15, -0.1) is 0 Å². The number of nitrogens with one attached hydrogen (secondary N) is 2. The Morgan fingerprint density at radius 3 is 3.25 bits per heavy atom. The van der Waals surface area contributed by atoms with Gasteiger partial charge in [0, 0.05) is 5.39 Å². The van der Waals surface area contributed by atoms with E-state index in [-0.39, 0.29) is 0 Å². The first-order valence-electron chi connectivity index (χ1n) is 3.47. The monoisotopic (exact) mass is 160 g/mol. The van der Waals surface area contributed by atoms with Gasteiger partial charge in [0.25, 0.3) is 0 Å². The van der Waals surface area contributed by atoms with Crippen LogP contribution < -0.4 is 5.32 Å². The molecule has 0 unspecified atom stereocenters. The van der Waals surface area contributed by atoms with Gasteiger partial charge in [-0.1, -0.05) is 6.07 Å². The van der Waals surface area contributed by atoms with E-state index in [0.29, 0.717) is 0 Å². The van der Waals surface area contributed by atoms with Gasteiger partial charge in [-0.3, -0.25) is 9.89 Å². The molecule has 2 N–H and O–H groups in total. The third-order valence-corrected chi connectivity index (χ3v) is 1.67. The molecule has 59 valence electrons. The summed E-state index contributed by atoms with van der Waals surface area (Å²) in [5, 5.41) is 10.0. The Balaban J connectivity index is 2.65. The lowest BCUT2D eigenvalue weighted by Crippen LogP contribution is -1.92. The van der Waals surface area contributed by atoms with Crippen LogP contribution >= 0.6 is 0 Å². The van der Waals surface area contributed by atoms with Crippen LogP contribution in [0.3, 0.4) is 0 Å². The van der Waals surface area contributed by atoms with Gasteiger partial charge in [0.15, 0.2) is 0 Å². The largest absolute Gasteiger partial charge is 0.317 e. The van der Waals surface area contributed by atoms with Crippen molar-refractivity contribution < 1.29 is 4.79 Å². The molecule has 0 atom stereocenters. The second-order valence-electron chi connectivity index (χ2n) is 2.36. The number of carbonyl (C=O) groups excluding carboxylic acids is 1. The van der Waals surface area contributed by atoms with Crippen molar-refractivity contribution in [1.82, 2.24) is 10.2 Å². The summed E-state index contributed by atoms with van der Waals surface area (Å²) in [6.07, 6.45) is 3.29. The van der Waals surface area contributed by atoms with Crippen LogP contribution in [0.15, 0.2) is 24.4 Å². The van der Waals surface area contributed by atoms with Gasteiger partial charge in [-0.25, -0.2) is 0 Å². The van der Waals surface area contributed by atoms with Crippen molar-refractivity contribution in [3.63, 3.8) is 0 Å². The SMILES string of the molecule is O=[C]Nc1cccc2[nH]ncc12. The van der Waals surface area contributed by atoms with Crippen LogP contribution in [0, 0.1) is 0 Å². The molecule has 0 bridgehead atoms. The molecule has 1 heterocycles. The van der Waals surface area contributed by atoms with Crippen molar-refractivity contribution in [2.45, 2.75) is 0 Å². The average Bonchev–Trinajstić information content (AvgIpc) is 2.53. The second kappa shape index (κ2) is 2.65. The molecule has 1 aromatic carbocycles. The predicted molar refractivity (Wildman–Crippen MR) is 45.4 cm³/mol. The summed E-state index contributed by atoms with van der Waals surface area (Å²) < 4.78 is 0. The number of nitrogens with zero attached hydrogens (tertiary/aromatic N) is 1. The lowest BCUT2D eigenvalue weighted by atomic mass is 10.2. The Hall–Kier alpha value is -1.84. The lowest BCUT2D eigenvalue weighted by molar-refractivity contribution is 0.561. The van der Waals surface area contributed by atoms with Crippen LogP contribution in [0.4, 0.5) is 5.69 Å². The number of benzene rings is 1. The summed E-state index contributed by atoms with van der Waals surface area (Å²) in [5.41, 5.74) is 1.62. The number of rotatable bonds is 2. The molecule has 4 heteroatoms. The van der Waals surface area contributed by atoms with E-state index in [4.69, 9.17) is 0 Å². The number of fused-ring (bicyclic) bond motifs is 1. The minimum atomic E-state index is 0.719. The molecule has 2 aromatic rings.